The minimum Gasteiger partial charge on any atom is -0.362 e. The molecule has 2 heterocycles. The Morgan fingerprint density at radius 2 is 1.39 bits per heavy atom. The lowest BCUT2D eigenvalue weighted by Crippen LogP contribution is -1.94. The molecule has 3 rings (SSSR count). The molecule has 0 bridgehead atoms. The molecule has 1 aromatic carbocycles. The first-order valence-electron chi connectivity index (χ1n) is 5.99. The summed E-state index contributed by atoms with van der Waals surface area (Å²) in [5.41, 5.74) is 2.05. The van der Waals surface area contributed by atoms with E-state index in [2.05, 4.69) is 46.6 Å². The van der Waals surface area contributed by atoms with Crippen LogP contribution in [-0.2, 0) is 0 Å². The topological polar surface area (TPSA) is 49.8 Å². The number of nitrogens with zero attached hydrogens (tertiary/aromatic N) is 2. The van der Waals surface area contributed by atoms with Gasteiger partial charge in [-0.1, -0.05) is 22.7 Å². The molecule has 0 unspecified atom stereocenters. The third-order valence-corrected chi connectivity index (χ3v) is 4.51. The van der Waals surface area contributed by atoms with E-state index in [1.165, 1.54) is 9.40 Å². The number of hydrogen-bond donors (Lipinski definition) is 2. The molecule has 0 radical (unpaired) electrons. The molecule has 0 fully saturated rings. The van der Waals surface area contributed by atoms with Crippen molar-refractivity contribution >= 4 is 53.4 Å². The number of nitrogens with one attached hydrogen (secondary N) is 2. The first kappa shape index (κ1) is 11.7. The molecule has 0 atom stereocenters. The zero-order valence-corrected chi connectivity index (χ0v) is 11.9. The van der Waals surface area contributed by atoms with Crippen molar-refractivity contribution in [1.29, 1.82) is 0 Å². The minimum atomic E-state index is 0.900. The van der Waals surface area contributed by atoms with Gasteiger partial charge in [0.1, 0.15) is 0 Å². The summed E-state index contributed by atoms with van der Waals surface area (Å²) in [6, 6.07) is 4.25. The second-order valence-corrected chi connectivity index (χ2v) is 5.95. The lowest BCUT2D eigenvalue weighted by Gasteiger charge is -1.92. The van der Waals surface area contributed by atoms with E-state index < -0.39 is 0 Å². The van der Waals surface area contributed by atoms with E-state index in [0.717, 1.165) is 34.4 Å². The summed E-state index contributed by atoms with van der Waals surface area (Å²) < 4.78 is 2.43. The first-order valence-corrected chi connectivity index (χ1v) is 7.62. The van der Waals surface area contributed by atoms with Crippen LogP contribution in [0.2, 0.25) is 0 Å². The number of aromatic nitrogens is 2. The Bertz CT molecular complexity index is 579. The average molecular weight is 278 g/mol. The Labute approximate surface area is 113 Å². The Balaban J connectivity index is 2.09. The molecule has 94 valence electrons. The van der Waals surface area contributed by atoms with Crippen LogP contribution in [0.1, 0.15) is 13.8 Å². The second kappa shape index (κ2) is 4.70. The van der Waals surface area contributed by atoms with Gasteiger partial charge in [-0.2, -0.15) is 0 Å². The summed E-state index contributed by atoms with van der Waals surface area (Å²) in [7, 11) is 0. The van der Waals surface area contributed by atoms with Gasteiger partial charge >= 0.3 is 0 Å². The number of fused-ring (bicyclic) bond motifs is 2. The summed E-state index contributed by atoms with van der Waals surface area (Å²) in [5.74, 6) is 0. The molecular formula is C12H14N4S2. The maximum absolute atomic E-state index is 4.56. The van der Waals surface area contributed by atoms with Gasteiger partial charge in [-0.3, -0.25) is 0 Å². The van der Waals surface area contributed by atoms with Crippen molar-refractivity contribution in [2.45, 2.75) is 13.8 Å². The molecule has 2 N–H and O–H groups in total. The normalized spacial score (nSPS) is 11.2. The van der Waals surface area contributed by atoms with Gasteiger partial charge in [-0.25, -0.2) is 9.97 Å². The summed E-state index contributed by atoms with van der Waals surface area (Å²) in [6.07, 6.45) is 0. The van der Waals surface area contributed by atoms with Crippen LogP contribution in [0.3, 0.4) is 0 Å². The highest BCUT2D eigenvalue weighted by atomic mass is 32.1. The van der Waals surface area contributed by atoms with Crippen molar-refractivity contribution in [3.05, 3.63) is 12.1 Å². The van der Waals surface area contributed by atoms with Crippen LogP contribution in [0, 0.1) is 0 Å². The third kappa shape index (κ3) is 2.02. The van der Waals surface area contributed by atoms with Gasteiger partial charge in [-0.05, 0) is 26.0 Å². The summed E-state index contributed by atoms with van der Waals surface area (Å²) in [5, 5.41) is 8.47. The second-order valence-electron chi connectivity index (χ2n) is 3.89. The molecule has 0 aliphatic rings. The quantitative estimate of drug-likeness (QED) is 0.762. The predicted octanol–water partition coefficient (Wildman–Crippen LogP) is 3.77. The van der Waals surface area contributed by atoms with Crippen molar-refractivity contribution in [3.8, 4) is 0 Å². The summed E-state index contributed by atoms with van der Waals surface area (Å²) >= 11 is 3.39. The summed E-state index contributed by atoms with van der Waals surface area (Å²) in [4.78, 5) is 9.12. The van der Waals surface area contributed by atoms with E-state index in [1.807, 2.05) is 0 Å². The van der Waals surface area contributed by atoms with Crippen molar-refractivity contribution in [2.24, 2.45) is 0 Å². The van der Waals surface area contributed by atoms with E-state index in [9.17, 15) is 0 Å². The Kier molecular flexibility index (Phi) is 3.05. The molecule has 0 amide bonds. The lowest BCUT2D eigenvalue weighted by molar-refractivity contribution is 1.20. The smallest absolute Gasteiger partial charge is 0.183 e. The number of benzene rings is 1. The SMILES string of the molecule is CCNc1nc2cc3nc(NCC)sc3cc2s1. The molecule has 6 heteroatoms. The number of hydrogen-bond acceptors (Lipinski definition) is 6. The van der Waals surface area contributed by atoms with Crippen molar-refractivity contribution in [1.82, 2.24) is 9.97 Å². The highest BCUT2D eigenvalue weighted by Gasteiger charge is 2.08. The van der Waals surface area contributed by atoms with Gasteiger partial charge in [0.05, 0.1) is 20.4 Å². The Hall–Kier alpha value is -1.40. The van der Waals surface area contributed by atoms with E-state index in [4.69, 9.17) is 0 Å². The van der Waals surface area contributed by atoms with Gasteiger partial charge in [-0.15, -0.1) is 0 Å². The number of anilines is 2. The zero-order valence-electron chi connectivity index (χ0n) is 10.3. The van der Waals surface area contributed by atoms with Crippen LogP contribution in [0.5, 0.6) is 0 Å². The highest BCUT2D eigenvalue weighted by molar-refractivity contribution is 7.24. The van der Waals surface area contributed by atoms with Gasteiger partial charge in [0, 0.05) is 13.1 Å². The van der Waals surface area contributed by atoms with Crippen molar-refractivity contribution in [2.75, 3.05) is 23.7 Å². The van der Waals surface area contributed by atoms with Gasteiger partial charge in [0.25, 0.3) is 0 Å². The molecule has 0 spiro atoms. The van der Waals surface area contributed by atoms with Crippen LogP contribution in [-0.4, -0.2) is 23.1 Å². The van der Waals surface area contributed by atoms with Crippen LogP contribution >= 0.6 is 22.7 Å². The van der Waals surface area contributed by atoms with Gasteiger partial charge < -0.3 is 10.6 Å². The van der Waals surface area contributed by atoms with E-state index >= 15 is 0 Å². The molecule has 0 aliphatic heterocycles. The maximum Gasteiger partial charge on any atom is 0.183 e. The van der Waals surface area contributed by atoms with Crippen LogP contribution in [0.25, 0.3) is 20.4 Å². The summed E-state index contributed by atoms with van der Waals surface area (Å²) in [6.45, 7) is 5.96. The number of thiazole rings is 2. The van der Waals surface area contributed by atoms with E-state index in [0.29, 0.717) is 0 Å². The van der Waals surface area contributed by atoms with Crippen LogP contribution in [0.15, 0.2) is 12.1 Å². The first-order chi connectivity index (χ1) is 8.80. The fourth-order valence-corrected chi connectivity index (χ4v) is 3.79. The van der Waals surface area contributed by atoms with Gasteiger partial charge in [0.15, 0.2) is 10.3 Å². The molecular weight excluding hydrogens is 264 g/mol. The van der Waals surface area contributed by atoms with Crippen molar-refractivity contribution in [3.63, 3.8) is 0 Å². The minimum absolute atomic E-state index is 0.900. The lowest BCUT2D eigenvalue weighted by atomic mass is 10.3. The zero-order chi connectivity index (χ0) is 12.5. The van der Waals surface area contributed by atoms with Crippen molar-refractivity contribution < 1.29 is 0 Å². The largest absolute Gasteiger partial charge is 0.362 e. The predicted molar refractivity (Wildman–Crippen MR) is 81.1 cm³/mol. The molecule has 3 aromatic rings. The molecule has 2 aromatic heterocycles. The van der Waals surface area contributed by atoms with Gasteiger partial charge in [0.2, 0.25) is 0 Å². The van der Waals surface area contributed by atoms with Crippen LogP contribution in [0.4, 0.5) is 10.3 Å². The van der Waals surface area contributed by atoms with Crippen LogP contribution < -0.4 is 10.6 Å². The monoisotopic (exact) mass is 278 g/mol. The standard InChI is InChI=1S/C12H14N4S2/c1-3-13-11-15-7-5-8-10(6-9(7)17-11)18-12(16-8)14-4-2/h5-6H,3-4H2,1-2H3,(H,13,15)(H,14,16). The number of rotatable bonds is 4. The molecule has 18 heavy (non-hydrogen) atoms. The molecule has 0 saturated carbocycles. The third-order valence-electron chi connectivity index (χ3n) is 2.55. The van der Waals surface area contributed by atoms with E-state index in [-0.39, 0.29) is 0 Å². The maximum atomic E-state index is 4.56. The fourth-order valence-electron chi connectivity index (χ4n) is 1.80. The molecule has 0 aliphatic carbocycles. The van der Waals surface area contributed by atoms with E-state index in [1.54, 1.807) is 22.7 Å². The molecule has 0 saturated heterocycles. The Morgan fingerprint density at radius 1 is 0.889 bits per heavy atom. The highest BCUT2D eigenvalue weighted by Crippen LogP contribution is 2.33. The average Bonchev–Trinajstić information content (AvgIpc) is 2.88. The fraction of sp³-hybridized carbons (Fsp3) is 0.333. The molecule has 4 nitrogen and oxygen atoms in total. The Morgan fingerprint density at radius 3 is 1.83 bits per heavy atom.